The maximum atomic E-state index is 12.4. The normalized spacial score (nSPS) is 14.1. The van der Waals surface area contributed by atoms with Crippen molar-refractivity contribution >= 4 is 0 Å². The number of hydrogen-bond donors (Lipinski definition) is 2. The molecule has 3 N–H and O–H groups in total. The Balaban J connectivity index is 3.15. The highest BCUT2D eigenvalue weighted by molar-refractivity contribution is 5.38. The van der Waals surface area contributed by atoms with E-state index in [9.17, 15) is 18.3 Å². The van der Waals surface area contributed by atoms with E-state index in [4.69, 9.17) is 5.73 Å². The molecule has 0 heterocycles. The monoisotopic (exact) mass is 305 g/mol. The lowest BCUT2D eigenvalue weighted by molar-refractivity contribution is -0.274. The Morgan fingerprint density at radius 3 is 2.29 bits per heavy atom. The van der Waals surface area contributed by atoms with E-state index in [1.54, 1.807) is 6.07 Å². The molecular weight excluding hydrogens is 283 g/mol. The molecule has 0 spiro atoms. The Bertz CT molecular complexity index is 467. The molecule has 21 heavy (non-hydrogen) atoms. The minimum atomic E-state index is -4.75. The average molecular weight is 305 g/mol. The number of benzene rings is 1. The van der Waals surface area contributed by atoms with Crippen molar-refractivity contribution in [1.82, 2.24) is 0 Å². The summed E-state index contributed by atoms with van der Waals surface area (Å²) in [5, 5.41) is 10.1. The van der Waals surface area contributed by atoms with Crippen LogP contribution in [0.25, 0.3) is 0 Å². The van der Waals surface area contributed by atoms with Crippen LogP contribution in [0.3, 0.4) is 0 Å². The highest BCUT2D eigenvalue weighted by Gasteiger charge is 2.32. The van der Waals surface area contributed by atoms with Crippen LogP contribution in [0.15, 0.2) is 18.2 Å². The molecule has 0 aliphatic rings. The van der Waals surface area contributed by atoms with Crippen molar-refractivity contribution in [2.24, 2.45) is 5.73 Å². The van der Waals surface area contributed by atoms with Gasteiger partial charge in [0.1, 0.15) is 5.75 Å². The van der Waals surface area contributed by atoms with Crippen molar-refractivity contribution in [1.29, 1.82) is 0 Å². The Kier molecular flexibility index (Phi) is 5.64. The predicted molar refractivity (Wildman–Crippen MR) is 75.1 cm³/mol. The largest absolute Gasteiger partial charge is 0.573 e. The molecule has 3 nitrogen and oxygen atoms in total. The molecule has 0 saturated carbocycles. The molecule has 0 radical (unpaired) electrons. The number of alkyl halides is 3. The maximum absolute atomic E-state index is 12.4. The van der Waals surface area contributed by atoms with Crippen molar-refractivity contribution in [2.45, 2.75) is 51.5 Å². The average Bonchev–Trinajstić information content (AvgIpc) is 2.32. The van der Waals surface area contributed by atoms with E-state index in [-0.39, 0.29) is 11.2 Å². The lowest BCUT2D eigenvalue weighted by Crippen LogP contribution is -2.19. The number of aliphatic hydroxyl groups is 1. The second-order valence-corrected chi connectivity index (χ2v) is 6.04. The molecule has 1 atom stereocenters. The highest BCUT2D eigenvalue weighted by Crippen LogP contribution is 2.33. The van der Waals surface area contributed by atoms with Gasteiger partial charge < -0.3 is 15.6 Å². The fourth-order valence-corrected chi connectivity index (χ4v) is 1.92. The molecule has 0 unspecified atom stereocenters. The molecule has 1 rings (SSSR count). The summed E-state index contributed by atoms with van der Waals surface area (Å²) in [6.45, 7) is 6.07. The van der Waals surface area contributed by atoms with E-state index in [1.165, 1.54) is 12.1 Å². The van der Waals surface area contributed by atoms with Gasteiger partial charge in [-0.3, -0.25) is 0 Å². The molecule has 0 aliphatic carbocycles. The highest BCUT2D eigenvalue weighted by atomic mass is 19.4. The molecule has 0 aromatic heterocycles. The van der Waals surface area contributed by atoms with Gasteiger partial charge in [-0.25, -0.2) is 0 Å². The van der Waals surface area contributed by atoms with Crippen LogP contribution in [0.5, 0.6) is 5.75 Å². The quantitative estimate of drug-likeness (QED) is 0.873. The number of ether oxygens (including phenoxy) is 1. The third kappa shape index (κ3) is 5.93. The number of aliphatic hydroxyl groups excluding tert-OH is 1. The smallest absolute Gasteiger partial charge is 0.406 e. The third-order valence-electron chi connectivity index (χ3n) is 3.09. The zero-order valence-corrected chi connectivity index (χ0v) is 12.5. The van der Waals surface area contributed by atoms with Crippen LogP contribution < -0.4 is 10.5 Å². The van der Waals surface area contributed by atoms with Crippen molar-refractivity contribution in [3.8, 4) is 5.75 Å². The summed E-state index contributed by atoms with van der Waals surface area (Å²) in [4.78, 5) is 0. The molecule has 120 valence electrons. The summed E-state index contributed by atoms with van der Waals surface area (Å²) < 4.78 is 41.2. The minimum Gasteiger partial charge on any atom is -0.406 e. The van der Waals surface area contributed by atoms with Gasteiger partial charge in [0.15, 0.2) is 0 Å². The molecule has 0 fully saturated rings. The van der Waals surface area contributed by atoms with Crippen LogP contribution in [0, 0.1) is 0 Å². The standard InChI is InChI=1S/C15H22F3NO2/c1-14(2,3)11-7-10(13(20)5-4-6-19)8-12(9-11)21-15(16,17)18/h7-9,13,20H,4-6,19H2,1-3H3/t13-/m0/s1. The van der Waals surface area contributed by atoms with Gasteiger partial charge in [-0.1, -0.05) is 26.8 Å². The van der Waals surface area contributed by atoms with Gasteiger partial charge >= 0.3 is 6.36 Å². The molecular formula is C15H22F3NO2. The molecule has 1 aromatic carbocycles. The minimum absolute atomic E-state index is 0.309. The van der Waals surface area contributed by atoms with E-state index in [2.05, 4.69) is 4.74 Å². The van der Waals surface area contributed by atoms with Gasteiger partial charge in [0.25, 0.3) is 0 Å². The van der Waals surface area contributed by atoms with Crippen molar-refractivity contribution in [3.05, 3.63) is 29.3 Å². The third-order valence-corrected chi connectivity index (χ3v) is 3.09. The van der Waals surface area contributed by atoms with Gasteiger partial charge in [-0.15, -0.1) is 13.2 Å². The topological polar surface area (TPSA) is 55.5 Å². The lowest BCUT2D eigenvalue weighted by Gasteiger charge is -2.23. The van der Waals surface area contributed by atoms with Crippen LogP contribution in [-0.2, 0) is 5.41 Å². The summed E-state index contributed by atoms with van der Waals surface area (Å²) >= 11 is 0. The summed E-state index contributed by atoms with van der Waals surface area (Å²) in [6.07, 6.45) is -4.62. The summed E-state index contributed by atoms with van der Waals surface area (Å²) in [5.74, 6) is -0.309. The van der Waals surface area contributed by atoms with Gasteiger partial charge in [0, 0.05) is 0 Å². The second-order valence-electron chi connectivity index (χ2n) is 6.04. The van der Waals surface area contributed by atoms with Crippen LogP contribution in [0.2, 0.25) is 0 Å². The zero-order valence-electron chi connectivity index (χ0n) is 12.5. The summed E-state index contributed by atoms with van der Waals surface area (Å²) in [5.41, 5.74) is 6.11. The summed E-state index contributed by atoms with van der Waals surface area (Å²) in [7, 11) is 0. The van der Waals surface area contributed by atoms with Crippen molar-refractivity contribution in [2.75, 3.05) is 6.54 Å². The fourth-order valence-electron chi connectivity index (χ4n) is 1.92. The van der Waals surface area contributed by atoms with E-state index in [1.807, 2.05) is 20.8 Å². The van der Waals surface area contributed by atoms with Crippen molar-refractivity contribution in [3.63, 3.8) is 0 Å². The number of rotatable bonds is 5. The molecule has 0 aliphatic heterocycles. The summed E-state index contributed by atoms with van der Waals surface area (Å²) in [6, 6.07) is 4.29. The van der Waals surface area contributed by atoms with E-state index < -0.39 is 12.5 Å². The Hall–Kier alpha value is -1.27. The Morgan fingerprint density at radius 1 is 1.19 bits per heavy atom. The first kappa shape index (κ1) is 17.8. The van der Waals surface area contributed by atoms with Crippen LogP contribution in [0.4, 0.5) is 13.2 Å². The van der Waals surface area contributed by atoms with Crippen molar-refractivity contribution < 1.29 is 23.0 Å². The van der Waals surface area contributed by atoms with E-state index in [0.717, 1.165) is 0 Å². The number of nitrogens with two attached hydrogens (primary N) is 1. The number of halogens is 3. The SMILES string of the molecule is CC(C)(C)c1cc(OC(F)(F)F)cc([C@@H](O)CCCN)c1. The first-order valence-corrected chi connectivity index (χ1v) is 6.82. The molecule has 6 heteroatoms. The van der Waals surface area contributed by atoms with Gasteiger partial charge in [0.2, 0.25) is 0 Å². The molecule has 0 saturated heterocycles. The predicted octanol–water partition coefficient (Wildman–Crippen LogP) is 3.66. The fraction of sp³-hybridized carbons (Fsp3) is 0.600. The lowest BCUT2D eigenvalue weighted by atomic mass is 9.85. The zero-order chi connectivity index (χ0) is 16.3. The Morgan fingerprint density at radius 2 is 1.81 bits per heavy atom. The van der Waals surface area contributed by atoms with E-state index in [0.29, 0.717) is 30.5 Å². The van der Waals surface area contributed by atoms with Gasteiger partial charge in [-0.05, 0) is 48.1 Å². The van der Waals surface area contributed by atoms with Gasteiger partial charge in [0.05, 0.1) is 6.10 Å². The van der Waals surface area contributed by atoms with Crippen LogP contribution in [-0.4, -0.2) is 18.0 Å². The van der Waals surface area contributed by atoms with Crippen LogP contribution >= 0.6 is 0 Å². The molecule has 1 aromatic rings. The first-order chi connectivity index (χ1) is 9.53. The van der Waals surface area contributed by atoms with E-state index >= 15 is 0 Å². The molecule has 0 amide bonds. The first-order valence-electron chi connectivity index (χ1n) is 6.82. The Labute approximate surface area is 122 Å². The maximum Gasteiger partial charge on any atom is 0.573 e. The van der Waals surface area contributed by atoms with Crippen LogP contribution in [0.1, 0.15) is 50.8 Å². The molecule has 0 bridgehead atoms. The number of hydrogen-bond acceptors (Lipinski definition) is 3. The van der Waals surface area contributed by atoms with Gasteiger partial charge in [-0.2, -0.15) is 0 Å². The second kappa shape index (κ2) is 6.66.